The molecule has 0 spiro atoms. The number of hydrogen-bond acceptors (Lipinski definition) is 7. The summed E-state index contributed by atoms with van der Waals surface area (Å²) in [4.78, 5) is 73.4. The number of carboxylic acid groups (broad SMARTS) is 1. The minimum absolute atomic E-state index is 0.0160. The largest absolute Gasteiger partial charge is 0.480 e. The number of carbonyl (C=O) groups excluding carboxylic acids is 4. The van der Waals surface area contributed by atoms with Crippen LogP contribution in [0, 0.1) is 0 Å². The van der Waals surface area contributed by atoms with Gasteiger partial charge in [-0.1, -0.05) is 48.5 Å². The summed E-state index contributed by atoms with van der Waals surface area (Å²) >= 11 is 0. The number of nitrogens with zero attached hydrogens (tertiary/aromatic N) is 1. The molecule has 2 aromatic carbocycles. The molecule has 0 saturated carbocycles. The molecule has 0 fully saturated rings. The molecule has 4 amide bonds. The van der Waals surface area contributed by atoms with Crippen molar-refractivity contribution in [3.63, 3.8) is 0 Å². The fourth-order valence-electron chi connectivity index (χ4n) is 4.74. The van der Waals surface area contributed by atoms with Gasteiger partial charge in [0.1, 0.15) is 18.1 Å². The van der Waals surface area contributed by atoms with Crippen molar-refractivity contribution < 1.29 is 29.1 Å². The first-order valence-corrected chi connectivity index (χ1v) is 13.8. The van der Waals surface area contributed by atoms with E-state index >= 15 is 0 Å². The van der Waals surface area contributed by atoms with Gasteiger partial charge in [0.05, 0.1) is 18.8 Å². The molecular weight excluding hydrogens is 568 g/mol. The topological polar surface area (TPSA) is 238 Å². The summed E-state index contributed by atoms with van der Waals surface area (Å²) in [6, 6.07) is 11.4. The highest BCUT2D eigenvalue weighted by molar-refractivity contribution is 5.96. The van der Waals surface area contributed by atoms with Gasteiger partial charge in [-0.25, -0.2) is 9.78 Å². The maximum Gasteiger partial charge on any atom is 0.326 e. The third-order valence-electron chi connectivity index (χ3n) is 7.00. The van der Waals surface area contributed by atoms with Crippen molar-refractivity contribution in [1.29, 1.82) is 0 Å². The molecular formula is C30H34N8O6. The van der Waals surface area contributed by atoms with Crippen molar-refractivity contribution in [2.45, 2.75) is 49.9 Å². The van der Waals surface area contributed by atoms with E-state index in [2.05, 4.69) is 30.9 Å². The predicted molar refractivity (Wildman–Crippen MR) is 160 cm³/mol. The van der Waals surface area contributed by atoms with E-state index in [0.717, 1.165) is 16.5 Å². The molecule has 2 heterocycles. The molecule has 0 radical (unpaired) electrons. The van der Waals surface area contributed by atoms with Gasteiger partial charge in [-0.05, 0) is 23.6 Å². The van der Waals surface area contributed by atoms with E-state index in [0.29, 0.717) is 11.3 Å². The summed E-state index contributed by atoms with van der Waals surface area (Å²) in [6.45, 7) is 0. The number of nitrogens with two attached hydrogens (primary N) is 2. The lowest BCUT2D eigenvalue weighted by atomic mass is 10.0. The lowest BCUT2D eigenvalue weighted by Gasteiger charge is -2.25. The Morgan fingerprint density at radius 2 is 1.45 bits per heavy atom. The van der Waals surface area contributed by atoms with E-state index < -0.39 is 60.2 Å². The van der Waals surface area contributed by atoms with Crippen LogP contribution in [0.3, 0.4) is 0 Å². The molecule has 0 aliphatic heterocycles. The van der Waals surface area contributed by atoms with E-state index in [-0.39, 0.29) is 19.3 Å². The number of aromatic amines is 2. The fourth-order valence-corrected chi connectivity index (χ4v) is 4.74. The number of benzene rings is 2. The smallest absolute Gasteiger partial charge is 0.326 e. The van der Waals surface area contributed by atoms with Gasteiger partial charge in [0.15, 0.2) is 0 Å². The summed E-state index contributed by atoms with van der Waals surface area (Å²) in [5, 5.41) is 18.0. The Balaban J connectivity index is 1.53. The Morgan fingerprint density at radius 3 is 2.14 bits per heavy atom. The monoisotopic (exact) mass is 602 g/mol. The summed E-state index contributed by atoms with van der Waals surface area (Å²) in [5.41, 5.74) is 14.3. The average Bonchev–Trinajstić information content (AvgIpc) is 3.66. The van der Waals surface area contributed by atoms with Crippen molar-refractivity contribution in [3.8, 4) is 0 Å². The van der Waals surface area contributed by atoms with Crippen molar-refractivity contribution >= 4 is 40.5 Å². The average molecular weight is 603 g/mol. The molecule has 4 rings (SSSR count). The normalized spacial score (nSPS) is 13.8. The first kappa shape index (κ1) is 31.4. The second-order valence-electron chi connectivity index (χ2n) is 10.3. The lowest BCUT2D eigenvalue weighted by Crippen LogP contribution is -2.58. The third-order valence-corrected chi connectivity index (χ3v) is 7.00. The molecule has 0 aliphatic rings. The second-order valence-corrected chi connectivity index (χ2v) is 10.3. The summed E-state index contributed by atoms with van der Waals surface area (Å²) in [5.74, 6) is -4.59. The van der Waals surface area contributed by atoms with Crippen LogP contribution in [0.2, 0.25) is 0 Å². The number of amides is 4. The van der Waals surface area contributed by atoms with E-state index in [1.807, 2.05) is 54.6 Å². The third kappa shape index (κ3) is 8.51. The number of hydrogen-bond donors (Lipinski definition) is 8. The maximum atomic E-state index is 13.7. The standard InChI is InChI=1S/C30H34N8O6/c31-21(10-17-6-2-1-3-7-17)27(40)36-23(11-18-14-34-22-9-5-4-8-20(18)22)28(41)37-24(13-26(32)39)29(42)38-25(30(43)44)12-19-15-33-16-35-19/h1-9,14-16,21,23-25,34H,10-13,31H2,(H2,32,39)(H,33,35)(H,36,40)(H,37,41)(H,38,42)(H,43,44). The molecule has 14 nitrogen and oxygen atoms in total. The van der Waals surface area contributed by atoms with Crippen molar-refractivity contribution in [1.82, 2.24) is 30.9 Å². The van der Waals surface area contributed by atoms with E-state index in [1.54, 1.807) is 6.20 Å². The van der Waals surface area contributed by atoms with Crippen molar-refractivity contribution in [2.24, 2.45) is 11.5 Å². The van der Waals surface area contributed by atoms with Crippen LogP contribution in [0.25, 0.3) is 10.9 Å². The number of carbonyl (C=O) groups is 5. The van der Waals surface area contributed by atoms with Crippen molar-refractivity contribution in [2.75, 3.05) is 0 Å². The molecule has 4 atom stereocenters. The molecule has 2 aromatic heterocycles. The highest BCUT2D eigenvalue weighted by Gasteiger charge is 2.32. The molecule has 10 N–H and O–H groups in total. The summed E-state index contributed by atoms with van der Waals surface area (Å²) < 4.78 is 0. The van der Waals surface area contributed by atoms with Crippen LogP contribution >= 0.6 is 0 Å². The molecule has 14 heteroatoms. The van der Waals surface area contributed by atoms with E-state index in [1.165, 1.54) is 12.5 Å². The van der Waals surface area contributed by atoms with E-state index in [4.69, 9.17) is 11.5 Å². The van der Waals surface area contributed by atoms with Crippen LogP contribution in [0.15, 0.2) is 73.3 Å². The zero-order valence-electron chi connectivity index (χ0n) is 23.7. The van der Waals surface area contributed by atoms with Crippen LogP contribution in [0.4, 0.5) is 0 Å². The van der Waals surface area contributed by atoms with Crippen LogP contribution in [-0.4, -0.2) is 73.8 Å². The Morgan fingerprint density at radius 1 is 0.795 bits per heavy atom. The summed E-state index contributed by atoms with van der Waals surface area (Å²) in [7, 11) is 0. The van der Waals surface area contributed by atoms with Gasteiger partial charge in [0.2, 0.25) is 23.6 Å². The molecule has 4 aromatic rings. The zero-order valence-corrected chi connectivity index (χ0v) is 23.7. The summed E-state index contributed by atoms with van der Waals surface area (Å²) in [6.07, 6.45) is 3.97. The Hall–Kier alpha value is -5.50. The number of para-hydroxylation sites is 1. The number of aromatic nitrogens is 3. The predicted octanol–water partition coefficient (Wildman–Crippen LogP) is -0.339. The number of nitrogens with one attached hydrogen (secondary N) is 5. The van der Waals surface area contributed by atoms with Crippen LogP contribution in [-0.2, 0) is 43.2 Å². The lowest BCUT2D eigenvalue weighted by molar-refractivity contribution is -0.142. The SMILES string of the molecule is NC(=O)CC(NC(=O)C(Cc1c[nH]c2ccccc12)NC(=O)C(N)Cc1ccccc1)C(=O)NC(Cc1cnc[nH]1)C(=O)O. The van der Waals surface area contributed by atoms with Gasteiger partial charge in [-0.3, -0.25) is 19.2 Å². The molecule has 0 aliphatic carbocycles. The number of fused-ring (bicyclic) bond motifs is 1. The fraction of sp³-hybridized carbons (Fsp3) is 0.267. The quantitative estimate of drug-likeness (QED) is 0.0893. The number of aliphatic carboxylic acids is 1. The van der Waals surface area contributed by atoms with Crippen LogP contribution in [0.5, 0.6) is 0 Å². The Labute approximate surface area is 252 Å². The van der Waals surface area contributed by atoms with Gasteiger partial charge in [0, 0.05) is 41.8 Å². The number of H-pyrrole nitrogens is 2. The first-order valence-electron chi connectivity index (χ1n) is 13.8. The van der Waals surface area contributed by atoms with Gasteiger partial charge in [-0.2, -0.15) is 0 Å². The first-order chi connectivity index (χ1) is 21.1. The highest BCUT2D eigenvalue weighted by Crippen LogP contribution is 2.19. The molecule has 4 unspecified atom stereocenters. The van der Waals surface area contributed by atoms with Gasteiger partial charge in [0.25, 0.3) is 0 Å². The molecule has 44 heavy (non-hydrogen) atoms. The molecule has 230 valence electrons. The van der Waals surface area contributed by atoms with Crippen molar-refractivity contribution in [3.05, 3.63) is 90.1 Å². The van der Waals surface area contributed by atoms with Crippen LogP contribution < -0.4 is 27.4 Å². The number of rotatable bonds is 15. The Bertz CT molecular complexity index is 1600. The number of carboxylic acids is 1. The number of imidazole rings is 1. The van der Waals surface area contributed by atoms with Gasteiger partial charge < -0.3 is 42.5 Å². The van der Waals surface area contributed by atoms with Crippen LogP contribution in [0.1, 0.15) is 23.2 Å². The van der Waals surface area contributed by atoms with Gasteiger partial charge >= 0.3 is 5.97 Å². The Kier molecular flexibility index (Phi) is 10.4. The van der Waals surface area contributed by atoms with E-state index in [9.17, 15) is 29.1 Å². The molecule has 0 bridgehead atoms. The maximum absolute atomic E-state index is 13.7. The minimum atomic E-state index is -1.52. The van der Waals surface area contributed by atoms with Gasteiger partial charge in [-0.15, -0.1) is 0 Å². The highest BCUT2D eigenvalue weighted by atomic mass is 16.4. The molecule has 0 saturated heterocycles. The number of primary amides is 1. The second kappa shape index (κ2) is 14.6. The zero-order chi connectivity index (χ0) is 31.6. The minimum Gasteiger partial charge on any atom is -0.480 e.